The first-order valence-electron chi connectivity index (χ1n) is 7.61. The van der Waals surface area contributed by atoms with E-state index in [1.807, 2.05) is 42.5 Å². The Bertz CT molecular complexity index is 693. The molecule has 0 heterocycles. The van der Waals surface area contributed by atoms with E-state index in [0.29, 0.717) is 30.5 Å². The Kier molecular flexibility index (Phi) is 9.44. The standard InChI is InChI=1S/C18H22ClN3O2.HI/c1-23-16-8-5-14(11-17(16)24-2)12-22-18(20)21-10-9-13-3-6-15(19)7-4-13;/h3-8,11H,9-10,12H2,1-2H3,(H3,20,21,22);1H. The molecule has 2 aromatic rings. The monoisotopic (exact) mass is 475 g/mol. The van der Waals surface area contributed by atoms with Crippen molar-refractivity contribution in [1.29, 1.82) is 0 Å². The van der Waals surface area contributed by atoms with Crippen molar-refractivity contribution < 1.29 is 9.47 Å². The van der Waals surface area contributed by atoms with Crippen LogP contribution in [0.25, 0.3) is 0 Å². The van der Waals surface area contributed by atoms with Gasteiger partial charge in [0.15, 0.2) is 17.5 Å². The topological polar surface area (TPSA) is 68.9 Å². The summed E-state index contributed by atoms with van der Waals surface area (Å²) in [5.74, 6) is 1.79. The third-order valence-corrected chi connectivity index (χ3v) is 3.76. The van der Waals surface area contributed by atoms with Crippen molar-refractivity contribution in [2.24, 2.45) is 10.7 Å². The second-order valence-electron chi connectivity index (χ2n) is 5.19. The second kappa shape index (κ2) is 11.0. The van der Waals surface area contributed by atoms with Gasteiger partial charge in [-0.25, -0.2) is 4.99 Å². The van der Waals surface area contributed by atoms with E-state index in [9.17, 15) is 0 Å². The normalized spacial score (nSPS) is 10.8. The molecule has 0 unspecified atom stereocenters. The van der Waals surface area contributed by atoms with Crippen LogP contribution in [-0.4, -0.2) is 26.7 Å². The Labute approximate surface area is 170 Å². The number of nitrogens with one attached hydrogen (secondary N) is 1. The number of guanidine groups is 1. The van der Waals surface area contributed by atoms with Gasteiger partial charge in [-0.3, -0.25) is 0 Å². The molecular weight excluding hydrogens is 453 g/mol. The minimum absolute atomic E-state index is 0. The second-order valence-corrected chi connectivity index (χ2v) is 5.63. The largest absolute Gasteiger partial charge is 0.493 e. The summed E-state index contributed by atoms with van der Waals surface area (Å²) in [5, 5.41) is 3.84. The van der Waals surface area contributed by atoms with Crippen molar-refractivity contribution in [2.75, 3.05) is 20.8 Å². The van der Waals surface area contributed by atoms with Crippen molar-refractivity contribution in [1.82, 2.24) is 5.32 Å². The first-order chi connectivity index (χ1) is 11.6. The number of rotatable bonds is 7. The average Bonchev–Trinajstić information content (AvgIpc) is 2.61. The molecule has 5 nitrogen and oxygen atoms in total. The predicted molar refractivity (Wildman–Crippen MR) is 113 cm³/mol. The molecule has 0 aliphatic heterocycles. The van der Waals surface area contributed by atoms with Crippen LogP contribution in [0.2, 0.25) is 5.02 Å². The van der Waals surface area contributed by atoms with Gasteiger partial charge in [-0.1, -0.05) is 29.8 Å². The maximum atomic E-state index is 5.90. The molecule has 0 atom stereocenters. The maximum absolute atomic E-state index is 5.90. The van der Waals surface area contributed by atoms with Gasteiger partial charge in [0.1, 0.15) is 0 Å². The smallest absolute Gasteiger partial charge is 0.188 e. The van der Waals surface area contributed by atoms with Gasteiger partial charge in [-0.05, 0) is 41.8 Å². The molecular formula is C18H23ClIN3O2. The molecule has 0 bridgehead atoms. The van der Waals surface area contributed by atoms with Gasteiger partial charge in [0, 0.05) is 11.6 Å². The number of nitrogens with zero attached hydrogens (tertiary/aromatic N) is 1. The summed E-state index contributed by atoms with van der Waals surface area (Å²) in [7, 11) is 3.22. The van der Waals surface area contributed by atoms with Gasteiger partial charge in [0.25, 0.3) is 0 Å². The van der Waals surface area contributed by atoms with E-state index in [2.05, 4.69) is 10.3 Å². The van der Waals surface area contributed by atoms with Crippen LogP contribution in [0.5, 0.6) is 11.5 Å². The fourth-order valence-electron chi connectivity index (χ4n) is 2.20. The Morgan fingerprint density at radius 2 is 1.68 bits per heavy atom. The first kappa shape index (κ1) is 21.4. The average molecular weight is 476 g/mol. The van der Waals surface area contributed by atoms with E-state index < -0.39 is 0 Å². The Hall–Kier alpha value is -1.67. The zero-order chi connectivity index (χ0) is 17.4. The zero-order valence-electron chi connectivity index (χ0n) is 14.3. The lowest BCUT2D eigenvalue weighted by Crippen LogP contribution is -2.33. The summed E-state index contributed by atoms with van der Waals surface area (Å²) in [6.45, 7) is 1.18. The molecule has 0 amide bonds. The highest BCUT2D eigenvalue weighted by Crippen LogP contribution is 2.27. The Balaban J connectivity index is 0.00000312. The predicted octanol–water partition coefficient (Wildman–Crippen LogP) is 3.62. The van der Waals surface area contributed by atoms with E-state index >= 15 is 0 Å². The highest BCUT2D eigenvalue weighted by molar-refractivity contribution is 14.0. The summed E-state index contributed by atoms with van der Waals surface area (Å²) >= 11 is 5.86. The van der Waals surface area contributed by atoms with Crippen LogP contribution in [0.1, 0.15) is 11.1 Å². The highest BCUT2D eigenvalue weighted by Gasteiger charge is 2.04. The molecule has 136 valence electrons. The lowest BCUT2D eigenvalue weighted by Gasteiger charge is -2.09. The summed E-state index contributed by atoms with van der Waals surface area (Å²) in [6.07, 6.45) is 0.851. The number of hydrogen-bond donors (Lipinski definition) is 2. The van der Waals surface area contributed by atoms with Crippen LogP contribution in [-0.2, 0) is 13.0 Å². The Morgan fingerprint density at radius 1 is 1.04 bits per heavy atom. The van der Waals surface area contributed by atoms with Crippen molar-refractivity contribution in [3.63, 3.8) is 0 Å². The van der Waals surface area contributed by atoms with Gasteiger partial charge >= 0.3 is 0 Å². The molecule has 0 fully saturated rings. The minimum Gasteiger partial charge on any atom is -0.493 e. The van der Waals surface area contributed by atoms with Crippen LogP contribution in [0.4, 0.5) is 0 Å². The molecule has 3 N–H and O–H groups in total. The number of aliphatic imine (C=N–C) groups is 1. The summed E-state index contributed by atoms with van der Waals surface area (Å²) in [5.41, 5.74) is 8.09. The summed E-state index contributed by atoms with van der Waals surface area (Å²) in [4.78, 5) is 4.34. The maximum Gasteiger partial charge on any atom is 0.188 e. The first-order valence-corrected chi connectivity index (χ1v) is 7.99. The molecule has 0 radical (unpaired) electrons. The van der Waals surface area contributed by atoms with Crippen LogP contribution in [0.3, 0.4) is 0 Å². The number of methoxy groups -OCH3 is 2. The van der Waals surface area contributed by atoms with E-state index in [1.165, 1.54) is 5.56 Å². The highest BCUT2D eigenvalue weighted by atomic mass is 127. The zero-order valence-corrected chi connectivity index (χ0v) is 17.4. The van der Waals surface area contributed by atoms with Crippen LogP contribution in [0.15, 0.2) is 47.5 Å². The molecule has 0 aliphatic carbocycles. The third kappa shape index (κ3) is 6.99. The van der Waals surface area contributed by atoms with Crippen molar-refractivity contribution >= 4 is 41.5 Å². The number of hydrogen-bond acceptors (Lipinski definition) is 3. The lowest BCUT2D eigenvalue weighted by atomic mass is 10.1. The van der Waals surface area contributed by atoms with Gasteiger partial charge in [0.2, 0.25) is 0 Å². The molecule has 0 spiro atoms. The summed E-state index contributed by atoms with van der Waals surface area (Å²) in [6, 6.07) is 13.4. The van der Waals surface area contributed by atoms with Crippen LogP contribution < -0.4 is 20.5 Å². The van der Waals surface area contributed by atoms with Gasteiger partial charge < -0.3 is 20.5 Å². The fraction of sp³-hybridized carbons (Fsp3) is 0.278. The molecule has 0 aromatic heterocycles. The Morgan fingerprint density at radius 3 is 2.32 bits per heavy atom. The van der Waals surface area contributed by atoms with Gasteiger partial charge in [-0.2, -0.15) is 0 Å². The summed E-state index contributed by atoms with van der Waals surface area (Å²) < 4.78 is 10.5. The van der Waals surface area contributed by atoms with E-state index in [-0.39, 0.29) is 24.0 Å². The molecule has 25 heavy (non-hydrogen) atoms. The quantitative estimate of drug-likeness (QED) is 0.365. The number of ether oxygens (including phenoxy) is 2. The third-order valence-electron chi connectivity index (χ3n) is 3.51. The van der Waals surface area contributed by atoms with Gasteiger partial charge in [0.05, 0.1) is 20.8 Å². The van der Waals surface area contributed by atoms with Crippen LogP contribution >= 0.6 is 35.6 Å². The van der Waals surface area contributed by atoms with E-state index in [4.69, 9.17) is 26.8 Å². The lowest BCUT2D eigenvalue weighted by molar-refractivity contribution is 0.354. The van der Waals surface area contributed by atoms with Gasteiger partial charge in [-0.15, -0.1) is 24.0 Å². The molecule has 2 rings (SSSR count). The molecule has 7 heteroatoms. The molecule has 2 aromatic carbocycles. The fourth-order valence-corrected chi connectivity index (χ4v) is 2.32. The van der Waals surface area contributed by atoms with E-state index in [0.717, 1.165) is 17.0 Å². The van der Waals surface area contributed by atoms with Crippen molar-refractivity contribution in [3.05, 3.63) is 58.6 Å². The number of halogens is 2. The molecule has 0 saturated carbocycles. The SMILES string of the molecule is COc1ccc(CN=C(N)NCCc2ccc(Cl)cc2)cc1OC.I. The number of benzene rings is 2. The van der Waals surface area contributed by atoms with E-state index in [1.54, 1.807) is 14.2 Å². The van der Waals surface area contributed by atoms with Crippen molar-refractivity contribution in [3.8, 4) is 11.5 Å². The van der Waals surface area contributed by atoms with Crippen molar-refractivity contribution in [2.45, 2.75) is 13.0 Å². The minimum atomic E-state index is 0. The van der Waals surface area contributed by atoms with Crippen LogP contribution in [0, 0.1) is 0 Å². The molecule has 0 aliphatic rings. The number of nitrogens with two attached hydrogens (primary N) is 1. The molecule has 0 saturated heterocycles.